The molecule has 0 amide bonds. The van der Waals surface area contributed by atoms with Crippen molar-refractivity contribution in [3.63, 3.8) is 0 Å². The number of rotatable bonds is 1. The lowest BCUT2D eigenvalue weighted by molar-refractivity contribution is -0.289. The van der Waals surface area contributed by atoms with Crippen molar-refractivity contribution in [3.8, 4) is 5.75 Å². The van der Waals surface area contributed by atoms with Gasteiger partial charge in [0, 0.05) is 11.1 Å². The van der Waals surface area contributed by atoms with Crippen LogP contribution in [0.5, 0.6) is 5.75 Å². The van der Waals surface area contributed by atoms with E-state index in [1.807, 2.05) is 0 Å². The number of alkyl halides is 5. The van der Waals surface area contributed by atoms with Gasteiger partial charge in [0.05, 0.1) is 6.04 Å². The predicted octanol–water partition coefficient (Wildman–Crippen LogP) is 2.87. The highest BCUT2D eigenvalue weighted by molar-refractivity contribution is 5.44. The maximum atomic E-state index is 13.3. The Morgan fingerprint density at radius 1 is 1.19 bits per heavy atom. The van der Waals surface area contributed by atoms with Crippen molar-refractivity contribution in [1.29, 1.82) is 0 Å². The molecular weight excluding hydrogens is 297 g/mol. The minimum Gasteiger partial charge on any atom is -0.485 e. The molecule has 1 aliphatic rings. The van der Waals surface area contributed by atoms with Crippen LogP contribution in [0.4, 0.5) is 22.0 Å². The highest BCUT2D eigenvalue weighted by Crippen LogP contribution is 2.47. The first-order valence-electron chi connectivity index (χ1n) is 6.09. The number of hydrogen-bond acceptors (Lipinski definition) is 3. The van der Waals surface area contributed by atoms with Crippen LogP contribution in [0.1, 0.15) is 31.0 Å². The van der Waals surface area contributed by atoms with Crippen LogP contribution in [0, 0.1) is 0 Å². The van der Waals surface area contributed by atoms with E-state index in [2.05, 4.69) is 0 Å². The predicted molar refractivity (Wildman–Crippen MR) is 64.0 cm³/mol. The van der Waals surface area contributed by atoms with E-state index < -0.39 is 35.4 Å². The molecule has 0 saturated heterocycles. The number of aliphatic hydroxyl groups excluding tert-OH is 1. The summed E-state index contributed by atoms with van der Waals surface area (Å²) >= 11 is 0. The highest BCUT2D eigenvalue weighted by atomic mass is 19.4. The monoisotopic (exact) mass is 311 g/mol. The number of aliphatic hydroxyl groups is 1. The third kappa shape index (κ3) is 2.46. The van der Waals surface area contributed by atoms with Gasteiger partial charge < -0.3 is 15.6 Å². The zero-order valence-corrected chi connectivity index (χ0v) is 11.2. The van der Waals surface area contributed by atoms with Crippen LogP contribution >= 0.6 is 0 Å². The van der Waals surface area contributed by atoms with Crippen LogP contribution in [-0.2, 0) is 5.92 Å². The van der Waals surface area contributed by atoms with Gasteiger partial charge in [-0.15, -0.1) is 0 Å². The molecule has 1 aromatic rings. The third-order valence-electron chi connectivity index (χ3n) is 3.51. The topological polar surface area (TPSA) is 55.5 Å². The standard InChI is InChI=1S/C13H14F5NO2/c1-11(2)10(20)9(19)7-5-6(3-4-8(7)21-11)12(14,15)13(16,17)18/h3-5,9-10,20H,19H2,1-2H3/t9-,10+/m0/s1. The molecule has 2 atom stereocenters. The van der Waals surface area contributed by atoms with E-state index in [0.717, 1.165) is 6.07 Å². The lowest BCUT2D eigenvalue weighted by Gasteiger charge is -2.41. The largest absolute Gasteiger partial charge is 0.485 e. The van der Waals surface area contributed by atoms with Crippen LogP contribution in [0.3, 0.4) is 0 Å². The van der Waals surface area contributed by atoms with Crippen LogP contribution in [0.2, 0.25) is 0 Å². The van der Waals surface area contributed by atoms with Crippen LogP contribution in [-0.4, -0.2) is 23.0 Å². The molecule has 0 aromatic heterocycles. The van der Waals surface area contributed by atoms with Gasteiger partial charge >= 0.3 is 12.1 Å². The Morgan fingerprint density at radius 3 is 2.29 bits per heavy atom. The van der Waals surface area contributed by atoms with Gasteiger partial charge in [0.2, 0.25) is 0 Å². The molecule has 8 heteroatoms. The van der Waals surface area contributed by atoms with Crippen LogP contribution < -0.4 is 10.5 Å². The summed E-state index contributed by atoms with van der Waals surface area (Å²) in [6, 6.07) is 1.17. The van der Waals surface area contributed by atoms with Crippen LogP contribution in [0.25, 0.3) is 0 Å². The lowest BCUT2D eigenvalue weighted by atomic mass is 9.86. The first kappa shape index (κ1) is 16.0. The van der Waals surface area contributed by atoms with Gasteiger partial charge in [-0.25, -0.2) is 0 Å². The summed E-state index contributed by atoms with van der Waals surface area (Å²) < 4.78 is 69.2. The van der Waals surface area contributed by atoms with Gasteiger partial charge in [-0.1, -0.05) is 0 Å². The molecule has 3 nitrogen and oxygen atoms in total. The molecule has 3 N–H and O–H groups in total. The minimum absolute atomic E-state index is 0.0803. The maximum Gasteiger partial charge on any atom is 0.458 e. The summed E-state index contributed by atoms with van der Waals surface area (Å²) in [7, 11) is 0. The smallest absolute Gasteiger partial charge is 0.458 e. The maximum absolute atomic E-state index is 13.3. The van der Waals surface area contributed by atoms with E-state index in [9.17, 15) is 27.1 Å². The van der Waals surface area contributed by atoms with Gasteiger partial charge in [-0.05, 0) is 32.0 Å². The number of benzene rings is 1. The molecule has 1 aliphatic heterocycles. The van der Waals surface area contributed by atoms with Gasteiger partial charge in [0.1, 0.15) is 17.5 Å². The minimum atomic E-state index is -5.71. The van der Waals surface area contributed by atoms with E-state index in [1.165, 1.54) is 0 Å². The van der Waals surface area contributed by atoms with Crippen molar-refractivity contribution in [3.05, 3.63) is 29.3 Å². The summed E-state index contributed by atoms with van der Waals surface area (Å²) in [6.45, 7) is 3.08. The van der Waals surface area contributed by atoms with Gasteiger partial charge in [-0.2, -0.15) is 22.0 Å². The number of halogens is 5. The van der Waals surface area contributed by atoms with E-state index in [4.69, 9.17) is 10.5 Å². The quantitative estimate of drug-likeness (QED) is 0.784. The molecule has 0 aliphatic carbocycles. The molecular formula is C13H14F5NO2. The summed E-state index contributed by atoms with van der Waals surface area (Å²) in [5.41, 5.74) is 3.34. The molecule has 0 spiro atoms. The molecule has 1 heterocycles. The van der Waals surface area contributed by atoms with Crippen molar-refractivity contribution in [2.45, 2.75) is 43.7 Å². The van der Waals surface area contributed by atoms with E-state index in [-0.39, 0.29) is 11.3 Å². The number of nitrogens with two attached hydrogens (primary N) is 1. The number of hydrogen-bond donors (Lipinski definition) is 2. The molecule has 0 fully saturated rings. The second kappa shape index (κ2) is 4.54. The van der Waals surface area contributed by atoms with Gasteiger partial charge in [0.25, 0.3) is 0 Å². The second-order valence-electron chi connectivity index (χ2n) is 5.50. The fourth-order valence-electron chi connectivity index (χ4n) is 2.21. The first-order valence-corrected chi connectivity index (χ1v) is 6.09. The molecule has 21 heavy (non-hydrogen) atoms. The van der Waals surface area contributed by atoms with Crippen LogP contribution in [0.15, 0.2) is 18.2 Å². The fraction of sp³-hybridized carbons (Fsp3) is 0.538. The Hall–Kier alpha value is -1.41. The van der Waals surface area contributed by atoms with E-state index in [0.29, 0.717) is 12.1 Å². The highest BCUT2D eigenvalue weighted by Gasteiger charge is 2.59. The molecule has 0 saturated carbocycles. The summed E-state index contributed by atoms with van der Waals surface area (Å²) in [6.07, 6.45) is -6.95. The zero-order chi connectivity index (χ0) is 16.2. The summed E-state index contributed by atoms with van der Waals surface area (Å²) in [4.78, 5) is 0. The molecule has 0 unspecified atom stereocenters. The molecule has 0 radical (unpaired) electrons. The molecule has 0 bridgehead atoms. The Bertz CT molecular complexity index is 556. The Kier molecular flexibility index (Phi) is 3.45. The molecule has 1 aromatic carbocycles. The normalized spacial score (nSPS) is 25.2. The summed E-state index contributed by atoms with van der Waals surface area (Å²) in [5.74, 6) is -4.92. The average molecular weight is 311 g/mol. The number of fused-ring (bicyclic) bond motifs is 1. The second-order valence-corrected chi connectivity index (χ2v) is 5.50. The van der Waals surface area contributed by atoms with E-state index >= 15 is 0 Å². The van der Waals surface area contributed by atoms with E-state index in [1.54, 1.807) is 13.8 Å². The average Bonchev–Trinajstić information content (AvgIpc) is 2.34. The first-order chi connectivity index (χ1) is 9.38. The van der Waals surface area contributed by atoms with Crippen molar-refractivity contribution < 1.29 is 31.8 Å². The Morgan fingerprint density at radius 2 is 1.76 bits per heavy atom. The Labute approximate surface area is 117 Å². The van der Waals surface area contributed by atoms with Crippen molar-refractivity contribution in [1.82, 2.24) is 0 Å². The zero-order valence-electron chi connectivity index (χ0n) is 11.2. The SMILES string of the molecule is CC1(C)Oc2ccc(C(F)(F)C(F)(F)F)cc2[C@H](N)[C@H]1O. The van der Waals surface area contributed by atoms with Crippen molar-refractivity contribution in [2.75, 3.05) is 0 Å². The number of ether oxygens (including phenoxy) is 1. The molecule has 118 valence electrons. The van der Waals surface area contributed by atoms with Crippen molar-refractivity contribution >= 4 is 0 Å². The molecule has 2 rings (SSSR count). The summed E-state index contributed by atoms with van der Waals surface area (Å²) in [5, 5.41) is 9.95. The fourth-order valence-corrected chi connectivity index (χ4v) is 2.21. The Balaban J connectivity index is 2.51. The van der Waals surface area contributed by atoms with Gasteiger partial charge in [0.15, 0.2) is 0 Å². The lowest BCUT2D eigenvalue weighted by Crippen LogP contribution is -2.51. The van der Waals surface area contributed by atoms with Gasteiger partial charge in [-0.3, -0.25) is 0 Å². The van der Waals surface area contributed by atoms with Crippen molar-refractivity contribution in [2.24, 2.45) is 5.73 Å². The third-order valence-corrected chi connectivity index (χ3v) is 3.51.